The number of amides is 1. The van der Waals surface area contributed by atoms with Crippen LogP contribution in [-0.2, 0) is 16.1 Å². The number of carbonyl (C=O) groups is 2. The molecular weight excluding hydrogens is 468 g/mol. The van der Waals surface area contributed by atoms with Gasteiger partial charge in [-0.05, 0) is 72.7 Å². The molecule has 3 aromatic rings. The van der Waals surface area contributed by atoms with Crippen LogP contribution in [-0.4, -0.2) is 31.8 Å². The standard InChI is InChI=1S/C27H23ClN2O5/c1-17-23(26(31)30(29-17)22-11-7-20(8-12-22)27(32)34-3)14-19-6-13-24(25(15-19)33-2)35-16-18-4-9-21(28)10-5-18/h4-15H,16H2,1-3H3/b23-14-. The lowest BCUT2D eigenvalue weighted by molar-refractivity contribution is -0.114. The summed E-state index contributed by atoms with van der Waals surface area (Å²) >= 11 is 5.93. The number of carbonyl (C=O) groups excluding carboxylic acids is 2. The summed E-state index contributed by atoms with van der Waals surface area (Å²) in [5.74, 6) is 0.415. The molecule has 4 rings (SSSR count). The fraction of sp³-hybridized carbons (Fsp3) is 0.148. The van der Waals surface area contributed by atoms with Gasteiger partial charge in [0, 0.05) is 5.02 Å². The summed E-state index contributed by atoms with van der Waals surface area (Å²) in [5.41, 5.74) is 3.72. The molecule has 0 spiro atoms. The number of hydrogen-bond acceptors (Lipinski definition) is 6. The van der Waals surface area contributed by atoms with E-state index in [4.69, 9.17) is 25.8 Å². The quantitative estimate of drug-likeness (QED) is 0.322. The summed E-state index contributed by atoms with van der Waals surface area (Å²) in [5, 5.41) is 6.37. The van der Waals surface area contributed by atoms with E-state index in [-0.39, 0.29) is 5.91 Å². The average molecular weight is 491 g/mol. The Morgan fingerprint density at radius 1 is 1.00 bits per heavy atom. The topological polar surface area (TPSA) is 77.4 Å². The van der Waals surface area contributed by atoms with Crippen molar-refractivity contribution < 1.29 is 23.8 Å². The Kier molecular flexibility index (Phi) is 7.17. The molecule has 0 bridgehead atoms. The zero-order valence-electron chi connectivity index (χ0n) is 19.4. The highest BCUT2D eigenvalue weighted by atomic mass is 35.5. The van der Waals surface area contributed by atoms with Crippen LogP contribution in [0.4, 0.5) is 5.69 Å². The smallest absolute Gasteiger partial charge is 0.337 e. The van der Waals surface area contributed by atoms with Gasteiger partial charge in [-0.2, -0.15) is 10.1 Å². The van der Waals surface area contributed by atoms with E-state index < -0.39 is 5.97 Å². The van der Waals surface area contributed by atoms with Crippen LogP contribution in [0.15, 0.2) is 77.4 Å². The van der Waals surface area contributed by atoms with Gasteiger partial charge >= 0.3 is 5.97 Å². The molecular formula is C27H23ClN2O5. The number of anilines is 1. The van der Waals surface area contributed by atoms with Crippen molar-refractivity contribution in [3.05, 3.63) is 94.0 Å². The Morgan fingerprint density at radius 3 is 2.37 bits per heavy atom. The second kappa shape index (κ2) is 10.4. The molecule has 0 fully saturated rings. The van der Waals surface area contributed by atoms with E-state index in [0.29, 0.717) is 45.7 Å². The van der Waals surface area contributed by atoms with Gasteiger partial charge in [0.05, 0.1) is 36.8 Å². The van der Waals surface area contributed by atoms with Gasteiger partial charge < -0.3 is 14.2 Å². The number of ether oxygens (including phenoxy) is 3. The van der Waals surface area contributed by atoms with Crippen LogP contribution in [0.25, 0.3) is 6.08 Å². The summed E-state index contributed by atoms with van der Waals surface area (Å²) < 4.78 is 16.1. The number of esters is 1. The van der Waals surface area contributed by atoms with Crippen LogP contribution >= 0.6 is 11.6 Å². The van der Waals surface area contributed by atoms with E-state index in [1.165, 1.54) is 12.1 Å². The van der Waals surface area contributed by atoms with Crippen LogP contribution < -0.4 is 14.5 Å². The van der Waals surface area contributed by atoms with Crippen molar-refractivity contribution in [2.75, 3.05) is 19.2 Å². The van der Waals surface area contributed by atoms with Gasteiger partial charge in [-0.3, -0.25) is 4.79 Å². The third-order valence-corrected chi connectivity index (χ3v) is 5.65. The molecule has 1 aliphatic rings. The van der Waals surface area contributed by atoms with E-state index >= 15 is 0 Å². The lowest BCUT2D eigenvalue weighted by Crippen LogP contribution is -2.21. The fourth-order valence-electron chi connectivity index (χ4n) is 3.52. The maximum Gasteiger partial charge on any atom is 0.337 e. The molecule has 0 saturated heterocycles. The zero-order chi connectivity index (χ0) is 24.9. The molecule has 0 radical (unpaired) electrons. The number of methoxy groups -OCH3 is 2. The van der Waals surface area contributed by atoms with Gasteiger partial charge in [0.15, 0.2) is 11.5 Å². The Hall–Kier alpha value is -4.10. The molecule has 178 valence electrons. The van der Waals surface area contributed by atoms with E-state index in [1.807, 2.05) is 30.3 Å². The first-order chi connectivity index (χ1) is 16.9. The van der Waals surface area contributed by atoms with Gasteiger partial charge in [-0.15, -0.1) is 0 Å². The van der Waals surface area contributed by atoms with Crippen LogP contribution in [0, 0.1) is 0 Å². The largest absolute Gasteiger partial charge is 0.493 e. The van der Waals surface area contributed by atoms with Gasteiger partial charge in [-0.25, -0.2) is 4.79 Å². The van der Waals surface area contributed by atoms with E-state index in [1.54, 1.807) is 56.5 Å². The lowest BCUT2D eigenvalue weighted by atomic mass is 10.1. The summed E-state index contributed by atoms with van der Waals surface area (Å²) in [7, 11) is 2.88. The van der Waals surface area contributed by atoms with Crippen molar-refractivity contribution in [1.82, 2.24) is 0 Å². The lowest BCUT2D eigenvalue weighted by Gasteiger charge is -2.13. The number of benzene rings is 3. The molecule has 0 unspecified atom stereocenters. The minimum absolute atomic E-state index is 0.268. The molecule has 0 aromatic heterocycles. The molecule has 3 aromatic carbocycles. The first kappa shape index (κ1) is 24.0. The summed E-state index contributed by atoms with van der Waals surface area (Å²) in [4.78, 5) is 24.7. The van der Waals surface area contributed by atoms with Crippen molar-refractivity contribution in [3.8, 4) is 11.5 Å². The van der Waals surface area contributed by atoms with Gasteiger partial charge in [0.25, 0.3) is 5.91 Å². The molecule has 0 saturated carbocycles. The van der Waals surface area contributed by atoms with E-state index in [0.717, 1.165) is 11.1 Å². The molecule has 7 nitrogen and oxygen atoms in total. The molecule has 0 atom stereocenters. The number of hydrazone groups is 1. The molecule has 1 amide bonds. The maximum atomic E-state index is 13.1. The van der Waals surface area contributed by atoms with Gasteiger partial charge in [0.2, 0.25) is 0 Å². The average Bonchev–Trinajstić information content (AvgIpc) is 3.16. The van der Waals surface area contributed by atoms with E-state index in [9.17, 15) is 9.59 Å². The van der Waals surface area contributed by atoms with Gasteiger partial charge in [0.1, 0.15) is 6.61 Å². The minimum atomic E-state index is -0.445. The van der Waals surface area contributed by atoms with Crippen molar-refractivity contribution in [2.24, 2.45) is 5.10 Å². The maximum absolute atomic E-state index is 13.1. The van der Waals surface area contributed by atoms with Crippen LogP contribution in [0.5, 0.6) is 11.5 Å². The molecule has 35 heavy (non-hydrogen) atoms. The van der Waals surface area contributed by atoms with Crippen LogP contribution in [0.3, 0.4) is 0 Å². The van der Waals surface area contributed by atoms with Crippen LogP contribution in [0.1, 0.15) is 28.4 Å². The highest BCUT2D eigenvalue weighted by Crippen LogP contribution is 2.31. The predicted octanol–water partition coefficient (Wildman–Crippen LogP) is 5.52. The molecule has 1 heterocycles. The van der Waals surface area contributed by atoms with Crippen molar-refractivity contribution in [3.63, 3.8) is 0 Å². The van der Waals surface area contributed by atoms with Crippen molar-refractivity contribution >= 4 is 41.0 Å². The van der Waals surface area contributed by atoms with Gasteiger partial charge in [-0.1, -0.05) is 29.8 Å². The number of rotatable bonds is 7. The Bertz CT molecular complexity index is 1310. The Labute approximate surface area is 208 Å². The monoisotopic (exact) mass is 490 g/mol. The predicted molar refractivity (Wildman–Crippen MR) is 135 cm³/mol. The molecule has 1 aliphatic heterocycles. The summed E-state index contributed by atoms with van der Waals surface area (Å²) in [6.45, 7) is 2.13. The third-order valence-electron chi connectivity index (χ3n) is 5.40. The highest BCUT2D eigenvalue weighted by molar-refractivity contribution is 6.32. The highest BCUT2D eigenvalue weighted by Gasteiger charge is 2.29. The second-order valence-electron chi connectivity index (χ2n) is 7.72. The summed E-state index contributed by atoms with van der Waals surface area (Å²) in [6.07, 6.45) is 1.76. The first-order valence-electron chi connectivity index (χ1n) is 10.7. The number of nitrogens with zero attached hydrogens (tertiary/aromatic N) is 2. The Balaban J connectivity index is 1.51. The van der Waals surface area contributed by atoms with Crippen molar-refractivity contribution in [2.45, 2.75) is 13.5 Å². The SMILES string of the molecule is COC(=O)c1ccc(N2N=C(C)/C(=C/c3ccc(OCc4ccc(Cl)cc4)c(OC)c3)C2=O)cc1. The zero-order valence-corrected chi connectivity index (χ0v) is 20.2. The molecule has 0 N–H and O–H groups in total. The number of hydrogen-bond donors (Lipinski definition) is 0. The number of halogens is 1. The van der Waals surface area contributed by atoms with Crippen molar-refractivity contribution in [1.29, 1.82) is 0 Å². The minimum Gasteiger partial charge on any atom is -0.493 e. The normalized spacial score (nSPS) is 14.2. The van der Waals surface area contributed by atoms with Crippen LogP contribution in [0.2, 0.25) is 5.02 Å². The second-order valence-corrected chi connectivity index (χ2v) is 8.16. The first-order valence-corrected chi connectivity index (χ1v) is 11.1. The van der Waals surface area contributed by atoms with E-state index in [2.05, 4.69) is 5.10 Å². The Morgan fingerprint density at radius 2 is 1.71 bits per heavy atom. The molecule has 0 aliphatic carbocycles. The summed E-state index contributed by atoms with van der Waals surface area (Å²) in [6, 6.07) is 19.4. The third kappa shape index (κ3) is 5.36. The molecule has 8 heteroatoms. The fourth-order valence-corrected chi connectivity index (χ4v) is 3.64.